The third-order valence-electron chi connectivity index (χ3n) is 3.48. The molecule has 5 nitrogen and oxygen atoms in total. The number of thiophene rings is 1. The lowest BCUT2D eigenvalue weighted by molar-refractivity contribution is 0.0797. The third kappa shape index (κ3) is 3.15. The van der Waals surface area contributed by atoms with E-state index in [1.165, 1.54) is 6.07 Å². The van der Waals surface area contributed by atoms with Crippen molar-refractivity contribution in [3.8, 4) is 0 Å². The predicted molar refractivity (Wildman–Crippen MR) is 86.7 cm³/mol. The van der Waals surface area contributed by atoms with Crippen molar-refractivity contribution in [2.24, 2.45) is 0 Å². The molecule has 3 rings (SSSR count). The summed E-state index contributed by atoms with van der Waals surface area (Å²) in [7, 11) is -3.65. The molecule has 22 heavy (non-hydrogen) atoms. The quantitative estimate of drug-likeness (QED) is 0.933. The Kier molecular flexibility index (Phi) is 4.17. The van der Waals surface area contributed by atoms with Crippen LogP contribution >= 0.6 is 11.3 Å². The van der Waals surface area contributed by atoms with Crippen LogP contribution in [0.25, 0.3) is 0 Å². The van der Waals surface area contributed by atoms with Crippen molar-refractivity contribution in [1.82, 2.24) is 4.90 Å². The molecule has 2 aromatic rings. The molecule has 0 bridgehead atoms. The predicted octanol–water partition coefficient (Wildman–Crippen LogP) is 2.78. The van der Waals surface area contributed by atoms with Gasteiger partial charge in [-0.3, -0.25) is 9.52 Å². The van der Waals surface area contributed by atoms with Crippen LogP contribution in [-0.2, 0) is 10.0 Å². The minimum Gasteiger partial charge on any atom is -0.338 e. The molecule has 1 aliphatic heterocycles. The molecule has 1 aromatic carbocycles. The van der Waals surface area contributed by atoms with Crippen LogP contribution in [0.5, 0.6) is 0 Å². The van der Waals surface area contributed by atoms with Crippen LogP contribution < -0.4 is 4.72 Å². The van der Waals surface area contributed by atoms with E-state index in [1.54, 1.807) is 35.2 Å². The number of anilines is 1. The number of nitrogens with zero attached hydrogens (tertiary/aromatic N) is 1. The molecular formula is C15H16N2O3S2. The normalized spacial score (nSPS) is 15.0. The fourth-order valence-corrected chi connectivity index (χ4v) is 4.70. The molecule has 7 heteroatoms. The van der Waals surface area contributed by atoms with Crippen molar-refractivity contribution in [1.29, 1.82) is 0 Å². The molecule has 0 saturated carbocycles. The number of sulfonamides is 1. The monoisotopic (exact) mass is 336 g/mol. The van der Waals surface area contributed by atoms with E-state index in [1.807, 2.05) is 6.07 Å². The lowest BCUT2D eigenvalue weighted by Gasteiger charge is -2.13. The van der Waals surface area contributed by atoms with Crippen molar-refractivity contribution < 1.29 is 13.2 Å². The van der Waals surface area contributed by atoms with E-state index >= 15 is 0 Å². The highest BCUT2D eigenvalue weighted by atomic mass is 32.2. The third-order valence-corrected chi connectivity index (χ3v) is 6.42. The van der Waals surface area contributed by atoms with Gasteiger partial charge in [-0.15, -0.1) is 11.3 Å². The van der Waals surface area contributed by atoms with Crippen molar-refractivity contribution in [3.63, 3.8) is 0 Å². The van der Waals surface area contributed by atoms with Crippen LogP contribution in [0.4, 0.5) is 5.69 Å². The molecular weight excluding hydrogens is 320 g/mol. The van der Waals surface area contributed by atoms with Crippen molar-refractivity contribution in [3.05, 3.63) is 47.3 Å². The zero-order chi connectivity index (χ0) is 15.6. The Labute approximate surface area is 133 Å². The highest BCUT2D eigenvalue weighted by Gasteiger charge is 2.24. The molecule has 1 N–H and O–H groups in total. The second-order valence-corrected chi connectivity index (χ2v) is 8.08. The number of para-hydroxylation sites is 1. The Bertz CT molecular complexity index is 763. The van der Waals surface area contributed by atoms with Crippen LogP contribution in [0.3, 0.4) is 0 Å². The van der Waals surface area contributed by atoms with Crippen LogP contribution in [0.15, 0.2) is 46.7 Å². The average Bonchev–Trinajstić information content (AvgIpc) is 3.19. The van der Waals surface area contributed by atoms with E-state index in [4.69, 9.17) is 0 Å². The number of carbonyl (C=O) groups excluding carboxylic acids is 1. The molecule has 1 aliphatic rings. The zero-order valence-corrected chi connectivity index (χ0v) is 13.5. The topological polar surface area (TPSA) is 66.5 Å². The molecule has 0 unspecified atom stereocenters. The summed E-state index contributed by atoms with van der Waals surface area (Å²) in [5.41, 5.74) is 0.503. The van der Waals surface area contributed by atoms with Gasteiger partial charge in [0.2, 0.25) is 0 Å². The van der Waals surface area contributed by atoms with E-state index in [0.717, 1.165) is 37.3 Å². The zero-order valence-electron chi connectivity index (χ0n) is 11.9. The first kappa shape index (κ1) is 15.1. The number of likely N-dealkylation sites (tertiary alicyclic amines) is 1. The van der Waals surface area contributed by atoms with Gasteiger partial charge in [0, 0.05) is 18.8 Å². The standard InChI is InChI=1S/C15H16N2O3S2/c18-15(17-10-4-5-11-17)13-8-9-14(21-13)22(19,20)16-12-6-2-1-3-7-12/h1-3,6-9,16H,4-5,10-11H2. The van der Waals surface area contributed by atoms with Gasteiger partial charge in [-0.25, -0.2) is 8.42 Å². The van der Waals surface area contributed by atoms with E-state index in [2.05, 4.69) is 4.72 Å². The first-order valence-corrected chi connectivity index (χ1v) is 9.33. The molecule has 0 radical (unpaired) electrons. The SMILES string of the molecule is O=C(c1ccc(S(=O)(=O)Nc2ccccc2)s1)N1CCCC1. The van der Waals surface area contributed by atoms with Gasteiger partial charge in [-0.05, 0) is 37.1 Å². The number of hydrogen-bond acceptors (Lipinski definition) is 4. The van der Waals surface area contributed by atoms with E-state index in [9.17, 15) is 13.2 Å². The van der Waals surface area contributed by atoms with Gasteiger partial charge in [0.15, 0.2) is 0 Å². The first-order chi connectivity index (χ1) is 10.6. The first-order valence-electron chi connectivity index (χ1n) is 7.03. The Morgan fingerprint density at radius 1 is 1.05 bits per heavy atom. The van der Waals surface area contributed by atoms with Gasteiger partial charge in [-0.2, -0.15) is 0 Å². The number of nitrogens with one attached hydrogen (secondary N) is 1. The second-order valence-electron chi connectivity index (χ2n) is 5.09. The van der Waals surface area contributed by atoms with Crippen molar-refractivity contribution in [2.45, 2.75) is 17.1 Å². The number of benzene rings is 1. The average molecular weight is 336 g/mol. The highest BCUT2D eigenvalue weighted by Crippen LogP contribution is 2.26. The fourth-order valence-electron chi connectivity index (χ4n) is 2.37. The van der Waals surface area contributed by atoms with Gasteiger partial charge in [0.25, 0.3) is 15.9 Å². The van der Waals surface area contributed by atoms with Gasteiger partial charge < -0.3 is 4.90 Å². The maximum absolute atomic E-state index is 12.3. The number of rotatable bonds is 4. The minimum atomic E-state index is -3.65. The number of hydrogen-bond donors (Lipinski definition) is 1. The maximum Gasteiger partial charge on any atom is 0.271 e. The van der Waals surface area contributed by atoms with E-state index in [-0.39, 0.29) is 10.1 Å². The Hall–Kier alpha value is -1.86. The van der Waals surface area contributed by atoms with E-state index in [0.29, 0.717) is 10.6 Å². The lowest BCUT2D eigenvalue weighted by atomic mass is 10.3. The molecule has 2 heterocycles. The van der Waals surface area contributed by atoms with Gasteiger partial charge in [-0.1, -0.05) is 18.2 Å². The molecule has 0 aliphatic carbocycles. The Morgan fingerprint density at radius 3 is 2.41 bits per heavy atom. The van der Waals surface area contributed by atoms with Gasteiger partial charge >= 0.3 is 0 Å². The summed E-state index contributed by atoms with van der Waals surface area (Å²) in [5, 5.41) is 0. The summed E-state index contributed by atoms with van der Waals surface area (Å²) >= 11 is 1.01. The lowest BCUT2D eigenvalue weighted by Crippen LogP contribution is -2.26. The Balaban J connectivity index is 1.79. The summed E-state index contributed by atoms with van der Waals surface area (Å²) < 4.78 is 27.3. The van der Waals surface area contributed by atoms with Crippen LogP contribution in [0, 0.1) is 0 Å². The summed E-state index contributed by atoms with van der Waals surface area (Å²) in [6.45, 7) is 1.50. The molecule has 0 atom stereocenters. The molecule has 1 aromatic heterocycles. The van der Waals surface area contributed by atoms with E-state index < -0.39 is 10.0 Å². The minimum absolute atomic E-state index is 0.0799. The van der Waals surface area contributed by atoms with Crippen LogP contribution in [-0.4, -0.2) is 32.3 Å². The molecule has 0 spiro atoms. The fraction of sp³-hybridized carbons (Fsp3) is 0.267. The van der Waals surface area contributed by atoms with Gasteiger partial charge in [0.05, 0.1) is 4.88 Å². The van der Waals surface area contributed by atoms with Gasteiger partial charge in [0.1, 0.15) is 4.21 Å². The molecule has 1 saturated heterocycles. The number of carbonyl (C=O) groups is 1. The molecule has 116 valence electrons. The number of amides is 1. The Morgan fingerprint density at radius 2 is 1.73 bits per heavy atom. The summed E-state index contributed by atoms with van der Waals surface area (Å²) in [6.07, 6.45) is 2.02. The summed E-state index contributed by atoms with van der Waals surface area (Å²) in [6, 6.07) is 11.8. The smallest absolute Gasteiger partial charge is 0.271 e. The van der Waals surface area contributed by atoms with Crippen molar-refractivity contribution in [2.75, 3.05) is 17.8 Å². The summed E-state index contributed by atoms with van der Waals surface area (Å²) in [5.74, 6) is -0.0799. The second kappa shape index (κ2) is 6.10. The highest BCUT2D eigenvalue weighted by molar-refractivity contribution is 7.94. The van der Waals surface area contributed by atoms with Crippen LogP contribution in [0.2, 0.25) is 0 Å². The van der Waals surface area contributed by atoms with Crippen molar-refractivity contribution >= 4 is 33.0 Å². The summed E-state index contributed by atoms with van der Waals surface area (Å²) in [4.78, 5) is 14.5. The molecule has 1 amide bonds. The largest absolute Gasteiger partial charge is 0.338 e. The van der Waals surface area contributed by atoms with Crippen LogP contribution in [0.1, 0.15) is 22.5 Å². The molecule has 1 fully saturated rings. The maximum atomic E-state index is 12.3.